The van der Waals surface area contributed by atoms with E-state index in [1.54, 1.807) is 6.20 Å². The number of nitrogens with zero attached hydrogens (tertiary/aromatic N) is 2. The van der Waals surface area contributed by atoms with Crippen molar-refractivity contribution in [2.75, 3.05) is 0 Å². The third-order valence-corrected chi connectivity index (χ3v) is 4.10. The van der Waals surface area contributed by atoms with Crippen LogP contribution in [0.4, 0.5) is 0 Å². The van der Waals surface area contributed by atoms with Crippen LogP contribution in [0.3, 0.4) is 0 Å². The molecule has 2 aromatic heterocycles. The summed E-state index contributed by atoms with van der Waals surface area (Å²) < 4.78 is 0. The lowest BCUT2D eigenvalue weighted by Gasteiger charge is -2.35. The molecule has 0 saturated heterocycles. The second-order valence-corrected chi connectivity index (χ2v) is 5.77. The van der Waals surface area contributed by atoms with Gasteiger partial charge in [0.25, 0.3) is 0 Å². The van der Waals surface area contributed by atoms with Gasteiger partial charge in [-0.3, -0.25) is 0 Å². The van der Waals surface area contributed by atoms with Gasteiger partial charge in [-0.05, 0) is 37.3 Å². The Hall–Kier alpha value is -1.42. The summed E-state index contributed by atoms with van der Waals surface area (Å²) in [6, 6.07) is 2.00. The van der Waals surface area contributed by atoms with Crippen LogP contribution >= 0.6 is 0 Å². The Bertz CT molecular complexity index is 574. The van der Waals surface area contributed by atoms with E-state index in [4.69, 9.17) is 5.73 Å². The van der Waals surface area contributed by atoms with Gasteiger partial charge in [0.15, 0.2) is 5.65 Å². The van der Waals surface area contributed by atoms with Crippen LogP contribution in [0.25, 0.3) is 11.2 Å². The number of fused-ring (bicyclic) bond motifs is 1. The molecule has 18 heavy (non-hydrogen) atoms. The van der Waals surface area contributed by atoms with Gasteiger partial charge in [0.1, 0.15) is 5.82 Å². The first-order valence-electron chi connectivity index (χ1n) is 6.69. The zero-order valence-electron chi connectivity index (χ0n) is 11.0. The van der Waals surface area contributed by atoms with Gasteiger partial charge in [-0.15, -0.1) is 0 Å². The third kappa shape index (κ3) is 1.81. The summed E-state index contributed by atoms with van der Waals surface area (Å²) in [5.41, 5.74) is 9.24. The zero-order chi connectivity index (χ0) is 12.8. The molecule has 2 heterocycles. The Morgan fingerprint density at radius 3 is 3.06 bits per heavy atom. The fraction of sp³-hybridized carbons (Fsp3) is 0.571. The van der Waals surface area contributed by atoms with E-state index in [2.05, 4.69) is 28.8 Å². The van der Waals surface area contributed by atoms with Crippen molar-refractivity contribution >= 4 is 11.2 Å². The number of pyridine rings is 1. The van der Waals surface area contributed by atoms with Crippen molar-refractivity contribution in [3.8, 4) is 0 Å². The number of H-pyrrole nitrogens is 1. The molecule has 2 unspecified atom stereocenters. The lowest BCUT2D eigenvalue weighted by molar-refractivity contribution is 0.230. The van der Waals surface area contributed by atoms with Crippen molar-refractivity contribution in [1.82, 2.24) is 15.0 Å². The van der Waals surface area contributed by atoms with Crippen LogP contribution in [0.1, 0.15) is 44.0 Å². The van der Waals surface area contributed by atoms with Gasteiger partial charge in [0.05, 0.1) is 11.1 Å². The van der Waals surface area contributed by atoms with E-state index in [9.17, 15) is 0 Å². The number of nitrogens with one attached hydrogen (secondary N) is 1. The molecule has 0 bridgehead atoms. The molecule has 1 fully saturated rings. The van der Waals surface area contributed by atoms with Crippen LogP contribution in [-0.4, -0.2) is 15.0 Å². The highest BCUT2D eigenvalue weighted by atomic mass is 15.0. The molecule has 4 nitrogen and oxygen atoms in total. The smallest absolute Gasteiger partial charge is 0.178 e. The second-order valence-electron chi connectivity index (χ2n) is 5.77. The maximum atomic E-state index is 6.56. The number of hydrogen-bond donors (Lipinski definition) is 2. The predicted octanol–water partition coefficient (Wildman–Crippen LogP) is 2.63. The molecule has 2 aromatic rings. The molecule has 3 N–H and O–H groups in total. The van der Waals surface area contributed by atoms with E-state index in [0.29, 0.717) is 5.92 Å². The standard InChI is InChI=1S/C14H20N4/c1-9-4-3-6-14(15,8-9)13-17-11-10(2)5-7-16-12(11)18-13/h5,7,9H,3-4,6,8,15H2,1-2H3,(H,16,17,18). The van der Waals surface area contributed by atoms with Crippen molar-refractivity contribution in [2.45, 2.75) is 45.1 Å². The van der Waals surface area contributed by atoms with Crippen LogP contribution in [0, 0.1) is 12.8 Å². The lowest BCUT2D eigenvalue weighted by Crippen LogP contribution is -2.42. The number of hydrogen-bond acceptors (Lipinski definition) is 3. The Kier molecular flexibility index (Phi) is 2.63. The molecule has 4 heteroatoms. The van der Waals surface area contributed by atoms with Crippen molar-refractivity contribution in [2.24, 2.45) is 11.7 Å². The first-order valence-corrected chi connectivity index (χ1v) is 6.69. The summed E-state index contributed by atoms with van der Waals surface area (Å²) in [6.07, 6.45) is 6.27. The van der Waals surface area contributed by atoms with Gasteiger partial charge in [-0.25, -0.2) is 9.97 Å². The molecule has 0 amide bonds. The van der Waals surface area contributed by atoms with E-state index in [1.165, 1.54) is 18.4 Å². The number of aromatic nitrogens is 3. The third-order valence-electron chi connectivity index (χ3n) is 4.10. The van der Waals surface area contributed by atoms with Crippen LogP contribution < -0.4 is 5.73 Å². The highest BCUT2D eigenvalue weighted by Gasteiger charge is 2.35. The van der Waals surface area contributed by atoms with Crippen molar-refractivity contribution in [3.05, 3.63) is 23.7 Å². The number of nitrogens with two attached hydrogens (primary N) is 1. The topological polar surface area (TPSA) is 67.6 Å². The summed E-state index contributed by atoms with van der Waals surface area (Å²) in [5, 5.41) is 0. The van der Waals surface area contributed by atoms with Gasteiger partial charge in [0.2, 0.25) is 0 Å². The molecule has 1 aliphatic rings. The van der Waals surface area contributed by atoms with Crippen LogP contribution in [0.5, 0.6) is 0 Å². The van der Waals surface area contributed by atoms with E-state index >= 15 is 0 Å². The van der Waals surface area contributed by atoms with Gasteiger partial charge in [-0.2, -0.15) is 0 Å². The largest absolute Gasteiger partial charge is 0.339 e. The molecule has 0 spiro atoms. The minimum Gasteiger partial charge on any atom is -0.339 e. The second kappa shape index (κ2) is 4.05. The SMILES string of the molecule is Cc1ccnc2nc(C3(N)CCCC(C)C3)[nH]c12. The monoisotopic (exact) mass is 244 g/mol. The summed E-state index contributed by atoms with van der Waals surface area (Å²) in [7, 11) is 0. The zero-order valence-corrected chi connectivity index (χ0v) is 11.0. The molecule has 0 aromatic carbocycles. The van der Waals surface area contributed by atoms with E-state index < -0.39 is 0 Å². The summed E-state index contributed by atoms with van der Waals surface area (Å²) >= 11 is 0. The highest BCUT2D eigenvalue weighted by Crippen LogP contribution is 2.37. The number of aromatic amines is 1. The van der Waals surface area contributed by atoms with Gasteiger partial charge >= 0.3 is 0 Å². The Morgan fingerprint density at radius 1 is 1.50 bits per heavy atom. The fourth-order valence-corrected chi connectivity index (χ4v) is 3.08. The highest BCUT2D eigenvalue weighted by molar-refractivity contribution is 5.74. The van der Waals surface area contributed by atoms with Crippen molar-refractivity contribution in [1.29, 1.82) is 0 Å². The number of rotatable bonds is 1. The Morgan fingerprint density at radius 2 is 2.33 bits per heavy atom. The van der Waals surface area contributed by atoms with E-state index in [-0.39, 0.29) is 5.54 Å². The van der Waals surface area contributed by atoms with Crippen molar-refractivity contribution in [3.63, 3.8) is 0 Å². The van der Waals surface area contributed by atoms with Crippen LogP contribution in [0.15, 0.2) is 12.3 Å². The normalized spacial score (nSPS) is 28.7. The first-order chi connectivity index (χ1) is 8.58. The number of imidazole rings is 1. The molecular formula is C14H20N4. The summed E-state index contributed by atoms with van der Waals surface area (Å²) in [4.78, 5) is 12.3. The molecule has 0 aliphatic heterocycles. The molecular weight excluding hydrogens is 224 g/mol. The quantitative estimate of drug-likeness (QED) is 0.810. The van der Waals surface area contributed by atoms with E-state index in [0.717, 1.165) is 29.8 Å². The lowest BCUT2D eigenvalue weighted by atomic mass is 9.76. The number of aryl methyl sites for hydroxylation is 1. The molecule has 1 saturated carbocycles. The minimum atomic E-state index is -0.301. The van der Waals surface area contributed by atoms with Crippen LogP contribution in [-0.2, 0) is 5.54 Å². The molecule has 0 radical (unpaired) electrons. The fourth-order valence-electron chi connectivity index (χ4n) is 3.08. The summed E-state index contributed by atoms with van der Waals surface area (Å²) in [5.74, 6) is 1.58. The Balaban J connectivity index is 2.06. The van der Waals surface area contributed by atoms with Crippen LogP contribution in [0.2, 0.25) is 0 Å². The minimum absolute atomic E-state index is 0.301. The molecule has 1 aliphatic carbocycles. The average molecular weight is 244 g/mol. The molecule has 2 atom stereocenters. The predicted molar refractivity (Wildman–Crippen MR) is 72.1 cm³/mol. The van der Waals surface area contributed by atoms with E-state index in [1.807, 2.05) is 6.07 Å². The molecule has 3 rings (SSSR count). The van der Waals surface area contributed by atoms with Crippen molar-refractivity contribution < 1.29 is 0 Å². The maximum absolute atomic E-state index is 6.56. The molecule has 96 valence electrons. The van der Waals surface area contributed by atoms with Gasteiger partial charge < -0.3 is 10.7 Å². The average Bonchev–Trinajstić information content (AvgIpc) is 2.75. The van der Waals surface area contributed by atoms with Gasteiger partial charge in [-0.1, -0.05) is 19.8 Å². The Labute approximate surface area is 107 Å². The first kappa shape index (κ1) is 11.7. The van der Waals surface area contributed by atoms with Gasteiger partial charge in [0, 0.05) is 6.20 Å². The summed E-state index contributed by atoms with van der Waals surface area (Å²) in [6.45, 7) is 4.34. The maximum Gasteiger partial charge on any atom is 0.178 e.